The van der Waals surface area contributed by atoms with Gasteiger partial charge < -0.3 is 9.52 Å². The number of aromatic nitrogens is 1. The quantitative estimate of drug-likeness (QED) is 0.840. The maximum absolute atomic E-state index is 11.9. The van der Waals surface area contributed by atoms with Crippen LogP contribution in [-0.2, 0) is 14.8 Å². The van der Waals surface area contributed by atoms with Crippen molar-refractivity contribution in [3.63, 3.8) is 0 Å². The zero-order chi connectivity index (χ0) is 18.0. The van der Waals surface area contributed by atoms with E-state index in [2.05, 4.69) is 4.98 Å². The van der Waals surface area contributed by atoms with Crippen LogP contribution in [0.1, 0.15) is 49.0 Å². The molecule has 0 spiro atoms. The summed E-state index contributed by atoms with van der Waals surface area (Å²) in [6.07, 6.45) is 6.36. The molecule has 3 atom stereocenters. The molecule has 3 unspecified atom stereocenters. The fourth-order valence-corrected chi connectivity index (χ4v) is 4.25. The molecule has 1 heterocycles. The molecule has 25 heavy (non-hydrogen) atoms. The number of carboxylic acid groups (broad SMARTS) is 1. The Hall–Kier alpha value is -2.19. The van der Waals surface area contributed by atoms with Gasteiger partial charge in [-0.15, -0.1) is 0 Å². The molecule has 0 aliphatic heterocycles. The molecular weight excluding hydrogens is 344 g/mol. The number of hydrogen-bond donors (Lipinski definition) is 2. The number of carboxylic acids is 1. The minimum absolute atomic E-state index is 0.00345. The molecule has 1 aromatic carbocycles. The van der Waals surface area contributed by atoms with E-state index in [0.29, 0.717) is 0 Å². The summed E-state index contributed by atoms with van der Waals surface area (Å²) >= 11 is 0. The third-order valence-corrected chi connectivity index (χ3v) is 5.80. The summed E-state index contributed by atoms with van der Waals surface area (Å²) < 4.78 is 28.1. The van der Waals surface area contributed by atoms with Gasteiger partial charge >= 0.3 is 5.97 Å². The molecule has 0 amide bonds. The van der Waals surface area contributed by atoms with Crippen LogP contribution in [0.5, 0.6) is 0 Å². The number of hydrogen-bond acceptors (Lipinski definition) is 5. The largest absolute Gasteiger partial charge is 0.481 e. The van der Waals surface area contributed by atoms with Crippen LogP contribution in [0.2, 0.25) is 0 Å². The van der Waals surface area contributed by atoms with Crippen molar-refractivity contribution in [1.82, 2.24) is 4.98 Å². The van der Waals surface area contributed by atoms with E-state index in [1.807, 2.05) is 0 Å². The SMILES string of the molecule is NS(=O)(=O)c1ccc(C2CCCCC2C(C(=O)O)c2ncco2)cc1. The topological polar surface area (TPSA) is 123 Å². The molecule has 7 nitrogen and oxygen atoms in total. The number of benzene rings is 1. The number of carbonyl (C=O) groups is 1. The van der Waals surface area contributed by atoms with Crippen molar-refractivity contribution in [2.75, 3.05) is 0 Å². The Balaban J connectivity index is 1.94. The summed E-state index contributed by atoms with van der Waals surface area (Å²) in [4.78, 5) is 16.0. The number of aliphatic carboxylic acids is 1. The van der Waals surface area contributed by atoms with Gasteiger partial charge in [0.25, 0.3) is 0 Å². The maximum Gasteiger partial charge on any atom is 0.316 e. The highest BCUT2D eigenvalue weighted by Gasteiger charge is 2.40. The van der Waals surface area contributed by atoms with Crippen LogP contribution in [-0.4, -0.2) is 24.5 Å². The minimum atomic E-state index is -3.75. The van der Waals surface area contributed by atoms with Crippen LogP contribution in [0.15, 0.2) is 46.0 Å². The summed E-state index contributed by atoms with van der Waals surface area (Å²) in [5, 5.41) is 14.9. The second kappa shape index (κ2) is 6.97. The number of sulfonamides is 1. The molecule has 0 saturated heterocycles. The van der Waals surface area contributed by atoms with Gasteiger partial charge in [0.2, 0.25) is 15.9 Å². The van der Waals surface area contributed by atoms with Gasteiger partial charge in [0.15, 0.2) is 0 Å². The second-order valence-electron chi connectivity index (χ2n) is 6.36. The zero-order valence-corrected chi connectivity index (χ0v) is 14.4. The summed E-state index contributed by atoms with van der Waals surface area (Å²) in [7, 11) is -3.75. The molecule has 3 N–H and O–H groups in total. The number of nitrogens with zero attached hydrogens (tertiary/aromatic N) is 1. The highest BCUT2D eigenvalue weighted by Crippen LogP contribution is 2.45. The van der Waals surface area contributed by atoms with Crippen molar-refractivity contribution in [3.8, 4) is 0 Å². The van der Waals surface area contributed by atoms with Gasteiger partial charge in [-0.3, -0.25) is 4.79 Å². The molecule has 1 fully saturated rings. The van der Waals surface area contributed by atoms with E-state index in [4.69, 9.17) is 9.56 Å². The predicted octanol–water partition coefficient (Wildman–Crippen LogP) is 2.46. The van der Waals surface area contributed by atoms with Gasteiger partial charge in [-0.05, 0) is 42.4 Å². The van der Waals surface area contributed by atoms with E-state index in [9.17, 15) is 18.3 Å². The molecular formula is C17H20N2O5S. The first-order chi connectivity index (χ1) is 11.9. The van der Waals surface area contributed by atoms with Crippen LogP contribution in [0.25, 0.3) is 0 Å². The van der Waals surface area contributed by atoms with E-state index in [0.717, 1.165) is 31.2 Å². The van der Waals surface area contributed by atoms with Crippen molar-refractivity contribution in [2.24, 2.45) is 11.1 Å². The molecule has 1 aliphatic rings. The fourth-order valence-electron chi connectivity index (χ4n) is 3.74. The first-order valence-electron chi connectivity index (χ1n) is 8.13. The summed E-state index contributed by atoms with van der Waals surface area (Å²) in [5.74, 6) is -1.73. The Kier molecular flexibility index (Phi) is 4.91. The van der Waals surface area contributed by atoms with Gasteiger partial charge in [-0.2, -0.15) is 0 Å². The average molecular weight is 364 g/mol. The minimum Gasteiger partial charge on any atom is -0.481 e. The van der Waals surface area contributed by atoms with Gasteiger partial charge in [-0.25, -0.2) is 18.5 Å². The molecule has 1 aliphatic carbocycles. The summed E-state index contributed by atoms with van der Waals surface area (Å²) in [6.45, 7) is 0. The molecule has 8 heteroatoms. The third kappa shape index (κ3) is 3.74. The molecule has 0 bridgehead atoms. The summed E-state index contributed by atoms with van der Waals surface area (Å²) in [6, 6.07) is 6.38. The second-order valence-corrected chi connectivity index (χ2v) is 7.92. The smallest absolute Gasteiger partial charge is 0.316 e. The van der Waals surface area contributed by atoms with E-state index in [1.165, 1.54) is 24.6 Å². The van der Waals surface area contributed by atoms with Crippen molar-refractivity contribution in [3.05, 3.63) is 48.2 Å². The van der Waals surface area contributed by atoms with E-state index in [-0.39, 0.29) is 22.6 Å². The predicted molar refractivity (Wildman–Crippen MR) is 89.4 cm³/mol. The molecule has 0 radical (unpaired) electrons. The van der Waals surface area contributed by atoms with Crippen molar-refractivity contribution >= 4 is 16.0 Å². The maximum atomic E-state index is 11.9. The average Bonchev–Trinajstić information content (AvgIpc) is 3.08. The lowest BCUT2D eigenvalue weighted by atomic mass is 9.69. The Bertz CT molecular complexity index is 830. The Morgan fingerprint density at radius 1 is 1.24 bits per heavy atom. The highest BCUT2D eigenvalue weighted by molar-refractivity contribution is 7.89. The van der Waals surface area contributed by atoms with Crippen LogP contribution in [0, 0.1) is 5.92 Å². The van der Waals surface area contributed by atoms with Gasteiger partial charge in [0, 0.05) is 0 Å². The fraction of sp³-hybridized carbons (Fsp3) is 0.412. The molecule has 1 saturated carbocycles. The monoisotopic (exact) mass is 364 g/mol. The Morgan fingerprint density at radius 3 is 2.48 bits per heavy atom. The number of nitrogens with two attached hydrogens (primary N) is 1. The van der Waals surface area contributed by atoms with Gasteiger partial charge in [0.05, 0.1) is 11.1 Å². The molecule has 2 aromatic rings. The first kappa shape index (κ1) is 17.6. The number of primary sulfonamides is 1. The van der Waals surface area contributed by atoms with Crippen LogP contribution in [0.4, 0.5) is 0 Å². The molecule has 134 valence electrons. The van der Waals surface area contributed by atoms with Gasteiger partial charge in [-0.1, -0.05) is 25.0 Å². The number of rotatable bonds is 5. The lowest BCUT2D eigenvalue weighted by molar-refractivity contribution is -0.141. The van der Waals surface area contributed by atoms with Crippen molar-refractivity contribution in [1.29, 1.82) is 0 Å². The van der Waals surface area contributed by atoms with Crippen molar-refractivity contribution < 1.29 is 22.7 Å². The van der Waals surface area contributed by atoms with E-state index < -0.39 is 21.9 Å². The van der Waals surface area contributed by atoms with Crippen LogP contribution < -0.4 is 5.14 Å². The first-order valence-corrected chi connectivity index (χ1v) is 9.67. The van der Waals surface area contributed by atoms with Crippen molar-refractivity contribution in [2.45, 2.75) is 42.4 Å². The molecule has 1 aromatic heterocycles. The highest BCUT2D eigenvalue weighted by atomic mass is 32.2. The Morgan fingerprint density at radius 2 is 1.92 bits per heavy atom. The normalized spacial score (nSPS) is 22.4. The standard InChI is InChI=1S/C17H20N2O5S/c18-25(22,23)12-7-5-11(6-8-12)13-3-1-2-4-14(13)15(17(20)21)16-19-9-10-24-16/h5-10,13-15H,1-4H2,(H,20,21)(H2,18,22,23). The van der Waals surface area contributed by atoms with E-state index in [1.54, 1.807) is 12.1 Å². The zero-order valence-electron chi connectivity index (χ0n) is 13.5. The van der Waals surface area contributed by atoms with Gasteiger partial charge in [0.1, 0.15) is 12.2 Å². The lowest BCUT2D eigenvalue weighted by Gasteiger charge is -2.34. The molecule has 3 rings (SSSR count). The van der Waals surface area contributed by atoms with Crippen LogP contribution >= 0.6 is 0 Å². The summed E-state index contributed by atoms with van der Waals surface area (Å²) in [5.41, 5.74) is 0.912. The van der Waals surface area contributed by atoms with E-state index >= 15 is 0 Å². The van der Waals surface area contributed by atoms with Crippen LogP contribution in [0.3, 0.4) is 0 Å². The Labute approximate surface area is 145 Å². The number of oxazole rings is 1. The third-order valence-electron chi connectivity index (χ3n) is 4.87. The lowest BCUT2D eigenvalue weighted by Crippen LogP contribution is -2.29.